The van der Waals surface area contributed by atoms with E-state index >= 15 is 0 Å². The van der Waals surface area contributed by atoms with Crippen LogP contribution in [0.4, 0.5) is 4.79 Å². The molecule has 21 heavy (non-hydrogen) atoms. The van der Waals surface area contributed by atoms with Crippen molar-refractivity contribution in [1.82, 2.24) is 10.3 Å². The van der Waals surface area contributed by atoms with Crippen LogP contribution in [0.15, 0.2) is 29.2 Å². The molecule has 7 heteroatoms. The molecule has 2 amide bonds. The molecule has 1 saturated heterocycles. The van der Waals surface area contributed by atoms with Crippen LogP contribution < -0.4 is 10.1 Å². The van der Waals surface area contributed by atoms with E-state index in [1.54, 1.807) is 19.3 Å². The van der Waals surface area contributed by atoms with Gasteiger partial charge in [0.05, 0.1) is 17.5 Å². The molecule has 0 radical (unpaired) electrons. The zero-order valence-electron chi connectivity index (χ0n) is 10.8. The highest BCUT2D eigenvalue weighted by molar-refractivity contribution is 8.18. The summed E-state index contributed by atoms with van der Waals surface area (Å²) in [4.78, 5) is 27.3. The lowest BCUT2D eigenvalue weighted by atomic mass is 10.1. The number of ether oxygens (including phenoxy) is 1. The minimum absolute atomic E-state index is 0.260. The van der Waals surface area contributed by atoms with Crippen molar-refractivity contribution in [3.63, 3.8) is 0 Å². The third-order valence-electron chi connectivity index (χ3n) is 2.93. The first-order chi connectivity index (χ1) is 10.1. The highest BCUT2D eigenvalue weighted by atomic mass is 35.5. The van der Waals surface area contributed by atoms with E-state index in [1.807, 2.05) is 18.2 Å². The second-order valence-electron chi connectivity index (χ2n) is 4.28. The number of aromatic nitrogens is 1. The lowest BCUT2D eigenvalue weighted by Crippen LogP contribution is -2.17. The van der Waals surface area contributed by atoms with Crippen molar-refractivity contribution in [1.29, 1.82) is 0 Å². The summed E-state index contributed by atoms with van der Waals surface area (Å²) in [6.45, 7) is 0. The summed E-state index contributed by atoms with van der Waals surface area (Å²) in [5.41, 5.74) is 1.28. The normalized spacial score (nSPS) is 16.6. The fourth-order valence-corrected chi connectivity index (χ4v) is 2.80. The van der Waals surface area contributed by atoms with Crippen molar-refractivity contribution < 1.29 is 14.3 Å². The maximum Gasteiger partial charge on any atom is 0.290 e. The van der Waals surface area contributed by atoms with Gasteiger partial charge >= 0.3 is 0 Å². The molecule has 1 aromatic carbocycles. The molecule has 0 unspecified atom stereocenters. The number of fused-ring (bicyclic) bond motifs is 1. The molecule has 2 aromatic rings. The number of carbonyl (C=O) groups excluding carboxylic acids is 2. The van der Waals surface area contributed by atoms with E-state index in [4.69, 9.17) is 16.3 Å². The molecule has 106 valence electrons. The van der Waals surface area contributed by atoms with Gasteiger partial charge in [0.1, 0.15) is 10.9 Å². The molecule has 3 rings (SSSR count). The molecule has 1 N–H and O–H groups in total. The molecule has 2 heterocycles. The van der Waals surface area contributed by atoms with Gasteiger partial charge in [-0.3, -0.25) is 14.9 Å². The number of hydrogen-bond donors (Lipinski definition) is 1. The second-order valence-corrected chi connectivity index (χ2v) is 5.65. The number of methoxy groups -OCH3 is 1. The summed E-state index contributed by atoms with van der Waals surface area (Å²) in [6, 6.07) is 7.26. The van der Waals surface area contributed by atoms with E-state index in [0.717, 1.165) is 17.1 Å². The van der Waals surface area contributed by atoms with Gasteiger partial charge in [-0.25, -0.2) is 4.98 Å². The van der Waals surface area contributed by atoms with E-state index in [9.17, 15) is 9.59 Å². The van der Waals surface area contributed by atoms with Gasteiger partial charge in [-0.15, -0.1) is 0 Å². The lowest BCUT2D eigenvalue weighted by molar-refractivity contribution is -0.115. The van der Waals surface area contributed by atoms with Crippen LogP contribution >= 0.6 is 23.4 Å². The van der Waals surface area contributed by atoms with Crippen molar-refractivity contribution in [3.8, 4) is 5.75 Å². The highest BCUT2D eigenvalue weighted by Crippen LogP contribution is 2.30. The molecule has 0 aliphatic carbocycles. The number of amides is 2. The van der Waals surface area contributed by atoms with Gasteiger partial charge in [0.15, 0.2) is 0 Å². The van der Waals surface area contributed by atoms with Crippen molar-refractivity contribution in [3.05, 3.63) is 39.9 Å². The number of thioether (sulfide) groups is 1. The van der Waals surface area contributed by atoms with E-state index in [1.165, 1.54) is 0 Å². The zero-order valence-corrected chi connectivity index (χ0v) is 12.4. The molecular formula is C14H9ClN2O3S. The highest BCUT2D eigenvalue weighted by Gasteiger charge is 2.25. The van der Waals surface area contributed by atoms with E-state index < -0.39 is 5.91 Å². The number of benzene rings is 1. The monoisotopic (exact) mass is 320 g/mol. The Bertz CT molecular complexity index is 804. The topological polar surface area (TPSA) is 68.3 Å². The Morgan fingerprint density at radius 3 is 2.81 bits per heavy atom. The number of halogens is 1. The molecule has 5 nitrogen and oxygen atoms in total. The smallest absolute Gasteiger partial charge is 0.290 e. The SMILES string of the molecule is COc1ccc2cc(/C=C3\SC(=O)NC3=O)c(Cl)nc2c1. The maximum atomic E-state index is 11.5. The summed E-state index contributed by atoms with van der Waals surface area (Å²) in [5, 5.41) is 2.93. The number of pyridine rings is 1. The number of nitrogens with zero attached hydrogens (tertiary/aromatic N) is 1. The summed E-state index contributed by atoms with van der Waals surface area (Å²) in [7, 11) is 1.58. The molecule has 0 atom stereocenters. The van der Waals surface area contributed by atoms with Crippen molar-refractivity contribution >= 4 is 51.5 Å². The van der Waals surface area contributed by atoms with Crippen LogP contribution in [-0.4, -0.2) is 23.2 Å². The summed E-state index contributed by atoms with van der Waals surface area (Å²) < 4.78 is 5.14. The van der Waals surface area contributed by atoms with E-state index in [0.29, 0.717) is 21.7 Å². The minimum Gasteiger partial charge on any atom is -0.497 e. The van der Waals surface area contributed by atoms with Gasteiger partial charge < -0.3 is 4.74 Å². The maximum absolute atomic E-state index is 11.5. The Hall–Kier alpha value is -2.05. The van der Waals surface area contributed by atoms with Gasteiger partial charge in [-0.05, 0) is 36.0 Å². The van der Waals surface area contributed by atoms with Gasteiger partial charge in [-0.2, -0.15) is 0 Å². The number of imide groups is 1. The second kappa shape index (κ2) is 5.38. The van der Waals surface area contributed by atoms with Gasteiger partial charge in [0, 0.05) is 17.0 Å². The van der Waals surface area contributed by atoms with Crippen molar-refractivity contribution in [2.24, 2.45) is 0 Å². The quantitative estimate of drug-likeness (QED) is 0.679. The Morgan fingerprint density at radius 2 is 2.14 bits per heavy atom. The van der Waals surface area contributed by atoms with E-state index in [-0.39, 0.29) is 10.4 Å². The number of carbonyl (C=O) groups is 2. The molecule has 0 bridgehead atoms. The number of hydrogen-bond acceptors (Lipinski definition) is 5. The van der Waals surface area contributed by atoms with Gasteiger partial charge in [0.25, 0.3) is 11.1 Å². The van der Waals surface area contributed by atoms with Crippen LogP contribution in [-0.2, 0) is 4.79 Å². The number of rotatable bonds is 2. The first-order valence-corrected chi connectivity index (χ1v) is 7.15. The van der Waals surface area contributed by atoms with Crippen molar-refractivity contribution in [2.45, 2.75) is 0 Å². The summed E-state index contributed by atoms with van der Waals surface area (Å²) in [6.07, 6.45) is 1.56. The molecule has 1 aromatic heterocycles. The number of nitrogens with one attached hydrogen (secondary N) is 1. The van der Waals surface area contributed by atoms with Crippen LogP contribution in [0, 0.1) is 0 Å². The Morgan fingerprint density at radius 1 is 1.33 bits per heavy atom. The first kappa shape index (κ1) is 13.9. The molecular weight excluding hydrogens is 312 g/mol. The van der Waals surface area contributed by atoms with Crippen LogP contribution in [0.1, 0.15) is 5.56 Å². The predicted molar refractivity (Wildman–Crippen MR) is 82.4 cm³/mol. The average molecular weight is 321 g/mol. The first-order valence-electron chi connectivity index (χ1n) is 5.96. The van der Waals surface area contributed by atoms with Crippen LogP contribution in [0.3, 0.4) is 0 Å². The third kappa shape index (κ3) is 2.72. The lowest BCUT2D eigenvalue weighted by Gasteiger charge is -2.05. The van der Waals surface area contributed by atoms with Crippen LogP contribution in [0.5, 0.6) is 5.75 Å². The molecule has 1 aliphatic rings. The predicted octanol–water partition coefficient (Wildman–Crippen LogP) is 3.22. The Kier molecular flexibility index (Phi) is 3.57. The molecule has 0 spiro atoms. The van der Waals surface area contributed by atoms with Crippen LogP contribution in [0.2, 0.25) is 5.15 Å². The molecule has 0 saturated carbocycles. The Labute approximate surface area is 129 Å². The zero-order chi connectivity index (χ0) is 15.0. The Balaban J connectivity index is 2.07. The molecule has 1 aliphatic heterocycles. The fraction of sp³-hybridized carbons (Fsp3) is 0.0714. The van der Waals surface area contributed by atoms with Gasteiger partial charge in [-0.1, -0.05) is 11.6 Å². The summed E-state index contributed by atoms with van der Waals surface area (Å²) >= 11 is 6.98. The van der Waals surface area contributed by atoms with Crippen LogP contribution in [0.25, 0.3) is 17.0 Å². The average Bonchev–Trinajstić information content (AvgIpc) is 2.77. The van der Waals surface area contributed by atoms with Gasteiger partial charge in [0.2, 0.25) is 0 Å². The standard InChI is InChI=1S/C14H9ClN2O3S/c1-20-9-3-2-7-4-8(12(15)16-10(7)6-9)5-11-13(18)17-14(19)21-11/h2-6H,1H3,(H,17,18,19)/b11-5-. The fourth-order valence-electron chi connectivity index (χ4n) is 1.93. The summed E-state index contributed by atoms with van der Waals surface area (Å²) in [5.74, 6) is 0.268. The van der Waals surface area contributed by atoms with E-state index in [2.05, 4.69) is 10.3 Å². The third-order valence-corrected chi connectivity index (χ3v) is 4.05. The largest absolute Gasteiger partial charge is 0.497 e. The van der Waals surface area contributed by atoms with Crippen molar-refractivity contribution in [2.75, 3.05) is 7.11 Å². The molecule has 1 fully saturated rings. The minimum atomic E-state index is -0.420.